The Morgan fingerprint density at radius 2 is 1.96 bits per heavy atom. The number of nitrogens with one attached hydrogen (secondary N) is 2. The lowest BCUT2D eigenvalue weighted by atomic mass is 9.89. The molecule has 1 aliphatic heterocycles. The summed E-state index contributed by atoms with van der Waals surface area (Å²) in [6.07, 6.45) is 14.3. The highest BCUT2D eigenvalue weighted by molar-refractivity contribution is 5.79. The molecule has 1 saturated carbocycles. The summed E-state index contributed by atoms with van der Waals surface area (Å²) in [6.45, 7) is 4.51. The van der Waals surface area contributed by atoms with E-state index in [9.17, 15) is 0 Å². The molecule has 0 amide bonds. The van der Waals surface area contributed by atoms with E-state index < -0.39 is 0 Å². The van der Waals surface area contributed by atoms with Gasteiger partial charge in [0.05, 0.1) is 0 Å². The van der Waals surface area contributed by atoms with Crippen LogP contribution in [0.2, 0.25) is 0 Å². The first-order chi connectivity index (χ1) is 12.3. The lowest BCUT2D eigenvalue weighted by Crippen LogP contribution is -2.48. The second kappa shape index (κ2) is 9.80. The van der Waals surface area contributed by atoms with Gasteiger partial charge < -0.3 is 15.5 Å². The highest BCUT2D eigenvalue weighted by Crippen LogP contribution is 2.25. The van der Waals surface area contributed by atoms with Crippen LogP contribution in [0.4, 0.5) is 0 Å². The van der Waals surface area contributed by atoms with E-state index in [0.717, 1.165) is 31.5 Å². The molecule has 6 heteroatoms. The summed E-state index contributed by atoms with van der Waals surface area (Å²) >= 11 is 0. The summed E-state index contributed by atoms with van der Waals surface area (Å²) in [4.78, 5) is 7.13. The maximum absolute atomic E-state index is 4.39. The normalized spacial score (nSPS) is 25.7. The number of hydrogen-bond donors (Lipinski definition) is 2. The van der Waals surface area contributed by atoms with Crippen LogP contribution in [0, 0.1) is 0 Å². The van der Waals surface area contributed by atoms with E-state index in [-0.39, 0.29) is 0 Å². The van der Waals surface area contributed by atoms with Crippen LogP contribution < -0.4 is 10.6 Å². The van der Waals surface area contributed by atoms with E-state index in [1.165, 1.54) is 58.0 Å². The van der Waals surface area contributed by atoms with Crippen LogP contribution >= 0.6 is 0 Å². The first kappa shape index (κ1) is 18.2. The number of aliphatic imine (C=N–C) groups is 1. The smallest absolute Gasteiger partial charge is 0.191 e. The van der Waals surface area contributed by atoms with Crippen LogP contribution in [0.5, 0.6) is 0 Å². The zero-order valence-corrected chi connectivity index (χ0v) is 15.7. The Bertz CT molecular complexity index is 498. The maximum Gasteiger partial charge on any atom is 0.191 e. The van der Waals surface area contributed by atoms with Gasteiger partial charge in [-0.3, -0.25) is 9.67 Å². The zero-order chi connectivity index (χ0) is 17.3. The monoisotopic (exact) mass is 346 g/mol. The van der Waals surface area contributed by atoms with Crippen molar-refractivity contribution in [2.75, 3.05) is 26.7 Å². The lowest BCUT2D eigenvalue weighted by Gasteiger charge is -2.39. The highest BCUT2D eigenvalue weighted by atomic mass is 15.3. The molecular weight excluding hydrogens is 312 g/mol. The fourth-order valence-electron chi connectivity index (χ4n) is 4.14. The van der Waals surface area contributed by atoms with Gasteiger partial charge in [-0.15, -0.1) is 0 Å². The molecule has 2 fully saturated rings. The number of aryl methyl sites for hydroxylation is 1. The number of aromatic nitrogens is 2. The Kier molecular flexibility index (Phi) is 7.15. The Morgan fingerprint density at radius 1 is 1.16 bits per heavy atom. The third-order valence-corrected chi connectivity index (χ3v) is 5.58. The summed E-state index contributed by atoms with van der Waals surface area (Å²) < 4.78 is 1.97. The minimum Gasteiger partial charge on any atom is -0.356 e. The number of hydrogen-bond acceptors (Lipinski definition) is 3. The lowest BCUT2D eigenvalue weighted by molar-refractivity contribution is 0.123. The third-order valence-electron chi connectivity index (χ3n) is 5.58. The topological polar surface area (TPSA) is 57.5 Å². The number of guanidine groups is 1. The van der Waals surface area contributed by atoms with Gasteiger partial charge in [-0.1, -0.05) is 6.42 Å². The van der Waals surface area contributed by atoms with Crippen molar-refractivity contribution >= 4 is 5.96 Å². The van der Waals surface area contributed by atoms with E-state index in [4.69, 9.17) is 0 Å². The second-order valence-electron chi connectivity index (χ2n) is 7.37. The van der Waals surface area contributed by atoms with E-state index in [2.05, 4.69) is 25.6 Å². The van der Waals surface area contributed by atoms with Gasteiger partial charge in [-0.25, -0.2) is 0 Å². The molecule has 3 rings (SSSR count). The predicted octanol–water partition coefficient (Wildman–Crippen LogP) is 2.24. The van der Waals surface area contributed by atoms with Crippen molar-refractivity contribution in [1.29, 1.82) is 0 Å². The van der Waals surface area contributed by atoms with Crippen LogP contribution in [0.1, 0.15) is 51.4 Å². The molecule has 0 unspecified atom stereocenters. The molecule has 1 aromatic rings. The summed E-state index contributed by atoms with van der Waals surface area (Å²) in [5.74, 6) is 0.946. The van der Waals surface area contributed by atoms with E-state index in [1.54, 1.807) is 0 Å². The highest BCUT2D eigenvalue weighted by Gasteiger charge is 2.26. The molecule has 1 aliphatic carbocycles. The molecule has 2 aliphatic rings. The summed E-state index contributed by atoms with van der Waals surface area (Å²) in [5.41, 5.74) is 0. The molecule has 0 bridgehead atoms. The molecule has 0 radical (unpaired) electrons. The standard InChI is InChI=1S/C19H34N6/c1-20-19(21-11-5-15-25-16-6-12-22-25)23-17-7-9-18(10-8-17)24-13-3-2-4-14-24/h6,12,16-18H,2-5,7-11,13-15H2,1H3,(H2,20,21,23). The summed E-state index contributed by atoms with van der Waals surface area (Å²) in [7, 11) is 1.86. The minimum atomic E-state index is 0.568. The summed E-state index contributed by atoms with van der Waals surface area (Å²) in [6, 6.07) is 3.36. The molecule has 6 nitrogen and oxygen atoms in total. The SMILES string of the molecule is CN=C(NCCCn1cccn1)NC1CCC(N2CCCCC2)CC1. The Balaban J connectivity index is 1.32. The Labute approximate surface area is 152 Å². The van der Waals surface area contributed by atoms with Crippen LogP contribution in [-0.4, -0.2) is 59.4 Å². The quantitative estimate of drug-likeness (QED) is 0.471. The van der Waals surface area contributed by atoms with Gasteiger partial charge in [0.15, 0.2) is 5.96 Å². The van der Waals surface area contributed by atoms with E-state index in [1.807, 2.05) is 30.2 Å². The van der Waals surface area contributed by atoms with Crippen molar-refractivity contribution in [2.24, 2.45) is 4.99 Å². The van der Waals surface area contributed by atoms with Crippen molar-refractivity contribution in [1.82, 2.24) is 25.3 Å². The van der Waals surface area contributed by atoms with Crippen molar-refractivity contribution in [3.05, 3.63) is 18.5 Å². The average Bonchev–Trinajstić information content (AvgIpc) is 3.19. The molecule has 1 aromatic heterocycles. The van der Waals surface area contributed by atoms with Crippen LogP contribution in [0.15, 0.2) is 23.5 Å². The molecule has 1 saturated heterocycles. The predicted molar refractivity (Wildman–Crippen MR) is 103 cm³/mol. The first-order valence-electron chi connectivity index (χ1n) is 10.0. The largest absolute Gasteiger partial charge is 0.356 e. The number of nitrogens with zero attached hydrogens (tertiary/aromatic N) is 4. The first-order valence-corrected chi connectivity index (χ1v) is 10.0. The maximum atomic E-state index is 4.39. The van der Waals surface area contributed by atoms with Gasteiger partial charge in [0.2, 0.25) is 0 Å². The fourth-order valence-corrected chi connectivity index (χ4v) is 4.14. The van der Waals surface area contributed by atoms with Crippen molar-refractivity contribution in [2.45, 2.75) is 70.0 Å². The fraction of sp³-hybridized carbons (Fsp3) is 0.789. The van der Waals surface area contributed by atoms with Gasteiger partial charge in [-0.2, -0.15) is 5.10 Å². The van der Waals surface area contributed by atoms with Crippen LogP contribution in [-0.2, 0) is 6.54 Å². The Hall–Kier alpha value is -1.56. The molecular formula is C19H34N6. The minimum absolute atomic E-state index is 0.568. The average molecular weight is 347 g/mol. The van der Waals surface area contributed by atoms with Crippen LogP contribution in [0.25, 0.3) is 0 Å². The van der Waals surface area contributed by atoms with Crippen molar-refractivity contribution < 1.29 is 0 Å². The number of piperidine rings is 1. The number of rotatable bonds is 6. The molecule has 2 N–H and O–H groups in total. The van der Waals surface area contributed by atoms with Gasteiger partial charge in [0, 0.05) is 44.6 Å². The molecule has 25 heavy (non-hydrogen) atoms. The van der Waals surface area contributed by atoms with Gasteiger partial charge in [0.1, 0.15) is 0 Å². The number of likely N-dealkylation sites (tertiary alicyclic amines) is 1. The molecule has 140 valence electrons. The Morgan fingerprint density at radius 3 is 2.64 bits per heavy atom. The molecule has 0 spiro atoms. The van der Waals surface area contributed by atoms with Gasteiger partial charge in [0.25, 0.3) is 0 Å². The third kappa shape index (κ3) is 5.73. The second-order valence-corrected chi connectivity index (χ2v) is 7.37. The van der Waals surface area contributed by atoms with E-state index >= 15 is 0 Å². The molecule has 2 heterocycles. The molecule has 0 aromatic carbocycles. The molecule has 0 atom stereocenters. The van der Waals surface area contributed by atoms with Crippen molar-refractivity contribution in [3.8, 4) is 0 Å². The zero-order valence-electron chi connectivity index (χ0n) is 15.7. The summed E-state index contributed by atoms with van der Waals surface area (Å²) in [5, 5.41) is 11.3. The van der Waals surface area contributed by atoms with Crippen LogP contribution in [0.3, 0.4) is 0 Å². The van der Waals surface area contributed by atoms with Crippen molar-refractivity contribution in [3.63, 3.8) is 0 Å². The van der Waals surface area contributed by atoms with Gasteiger partial charge >= 0.3 is 0 Å². The van der Waals surface area contributed by atoms with Gasteiger partial charge in [-0.05, 0) is 64.1 Å². The van der Waals surface area contributed by atoms with E-state index in [0.29, 0.717) is 6.04 Å².